The maximum absolute atomic E-state index is 11.3. The average molecular weight is 253 g/mol. The van der Waals surface area contributed by atoms with Gasteiger partial charge in [-0.05, 0) is 36.8 Å². The summed E-state index contributed by atoms with van der Waals surface area (Å²) in [5, 5.41) is 2.85. The molecule has 0 aliphatic carbocycles. The summed E-state index contributed by atoms with van der Waals surface area (Å²) < 4.78 is 5.46. The van der Waals surface area contributed by atoms with Crippen molar-refractivity contribution in [3.05, 3.63) is 29.3 Å². The number of rotatable bonds is 6. The molecule has 0 aliphatic heterocycles. The molecule has 17 heavy (non-hydrogen) atoms. The number of benzene rings is 1. The third-order valence-electron chi connectivity index (χ3n) is 2.37. The molecule has 0 aromatic heterocycles. The molecule has 1 aromatic carbocycles. The minimum atomic E-state index is 0.0338. The third kappa shape index (κ3) is 4.69. The van der Waals surface area contributed by atoms with Crippen molar-refractivity contribution in [1.29, 1.82) is 0 Å². The molecule has 0 saturated heterocycles. The molecule has 0 bridgehead atoms. The summed E-state index contributed by atoms with van der Waals surface area (Å²) in [5.41, 5.74) is 2.17. The van der Waals surface area contributed by atoms with E-state index in [0.717, 1.165) is 16.9 Å². The second-order valence-electron chi connectivity index (χ2n) is 3.78. The highest BCUT2D eigenvalue weighted by atomic mass is 32.1. The maximum Gasteiger partial charge on any atom is 0.221 e. The van der Waals surface area contributed by atoms with Gasteiger partial charge in [0.15, 0.2) is 0 Å². The molecule has 0 unspecified atom stereocenters. The Morgan fingerprint density at radius 1 is 1.47 bits per heavy atom. The van der Waals surface area contributed by atoms with Gasteiger partial charge in [0.25, 0.3) is 0 Å². The SMILES string of the molecule is CCOc1ccc(CNC(=O)CCS)cc1C. The molecule has 94 valence electrons. The van der Waals surface area contributed by atoms with Crippen LogP contribution < -0.4 is 10.1 Å². The highest BCUT2D eigenvalue weighted by Gasteiger charge is 2.02. The summed E-state index contributed by atoms with van der Waals surface area (Å²) in [4.78, 5) is 11.3. The molecule has 0 fully saturated rings. The van der Waals surface area contributed by atoms with Crippen molar-refractivity contribution in [2.24, 2.45) is 0 Å². The van der Waals surface area contributed by atoms with Gasteiger partial charge in [0.1, 0.15) is 5.75 Å². The number of carbonyl (C=O) groups is 1. The Morgan fingerprint density at radius 3 is 2.82 bits per heavy atom. The fraction of sp³-hybridized carbons (Fsp3) is 0.462. The zero-order valence-electron chi connectivity index (χ0n) is 10.3. The van der Waals surface area contributed by atoms with Gasteiger partial charge in [0, 0.05) is 13.0 Å². The Kier molecular flexibility index (Phi) is 5.91. The van der Waals surface area contributed by atoms with E-state index in [2.05, 4.69) is 17.9 Å². The number of hydrogen-bond donors (Lipinski definition) is 2. The predicted molar refractivity (Wildman–Crippen MR) is 72.7 cm³/mol. The highest BCUT2D eigenvalue weighted by Crippen LogP contribution is 2.18. The van der Waals surface area contributed by atoms with E-state index in [0.29, 0.717) is 25.3 Å². The van der Waals surface area contributed by atoms with Crippen LogP contribution in [0.2, 0.25) is 0 Å². The molecule has 0 radical (unpaired) electrons. The van der Waals surface area contributed by atoms with Crippen LogP contribution in [0.15, 0.2) is 18.2 Å². The van der Waals surface area contributed by atoms with Crippen LogP contribution in [-0.4, -0.2) is 18.3 Å². The van der Waals surface area contributed by atoms with Gasteiger partial charge in [-0.15, -0.1) is 0 Å². The molecule has 0 aliphatic rings. The fourth-order valence-electron chi connectivity index (χ4n) is 1.53. The lowest BCUT2D eigenvalue weighted by atomic mass is 10.1. The Hall–Kier alpha value is -1.16. The third-order valence-corrected chi connectivity index (χ3v) is 2.59. The number of carbonyl (C=O) groups excluding carboxylic acids is 1. The van der Waals surface area contributed by atoms with Crippen LogP contribution in [0.25, 0.3) is 0 Å². The van der Waals surface area contributed by atoms with E-state index in [1.807, 2.05) is 32.0 Å². The molecule has 1 N–H and O–H groups in total. The number of aryl methyl sites for hydroxylation is 1. The first-order valence-electron chi connectivity index (χ1n) is 5.77. The first-order valence-corrected chi connectivity index (χ1v) is 6.40. The quantitative estimate of drug-likeness (QED) is 0.764. The van der Waals surface area contributed by atoms with E-state index in [4.69, 9.17) is 4.74 Å². The lowest BCUT2D eigenvalue weighted by molar-refractivity contribution is -0.120. The lowest BCUT2D eigenvalue weighted by Crippen LogP contribution is -2.22. The van der Waals surface area contributed by atoms with Crippen LogP contribution in [-0.2, 0) is 11.3 Å². The van der Waals surface area contributed by atoms with Crippen molar-refractivity contribution in [2.45, 2.75) is 26.8 Å². The summed E-state index contributed by atoms with van der Waals surface area (Å²) in [5.74, 6) is 1.51. The summed E-state index contributed by atoms with van der Waals surface area (Å²) in [7, 11) is 0. The molecule has 3 nitrogen and oxygen atoms in total. The topological polar surface area (TPSA) is 38.3 Å². The van der Waals surface area contributed by atoms with Gasteiger partial charge >= 0.3 is 0 Å². The van der Waals surface area contributed by atoms with Crippen LogP contribution >= 0.6 is 12.6 Å². The van der Waals surface area contributed by atoms with Gasteiger partial charge in [0.05, 0.1) is 6.61 Å². The first kappa shape index (κ1) is 13.9. The molecule has 4 heteroatoms. The van der Waals surface area contributed by atoms with Crippen LogP contribution in [0.3, 0.4) is 0 Å². The number of thiol groups is 1. The molecule has 0 atom stereocenters. The Balaban J connectivity index is 2.55. The van der Waals surface area contributed by atoms with E-state index >= 15 is 0 Å². The molecular weight excluding hydrogens is 234 g/mol. The Morgan fingerprint density at radius 2 is 2.24 bits per heavy atom. The van der Waals surface area contributed by atoms with Gasteiger partial charge in [-0.1, -0.05) is 12.1 Å². The molecule has 0 heterocycles. The number of amides is 1. The van der Waals surface area contributed by atoms with Crippen LogP contribution in [0.1, 0.15) is 24.5 Å². The minimum absolute atomic E-state index is 0.0338. The smallest absolute Gasteiger partial charge is 0.221 e. The first-order chi connectivity index (χ1) is 8.17. The van der Waals surface area contributed by atoms with Crippen molar-refractivity contribution in [1.82, 2.24) is 5.32 Å². The van der Waals surface area contributed by atoms with E-state index in [1.54, 1.807) is 0 Å². The highest BCUT2D eigenvalue weighted by molar-refractivity contribution is 7.80. The molecule has 0 spiro atoms. The van der Waals surface area contributed by atoms with Gasteiger partial charge in [0.2, 0.25) is 5.91 Å². The zero-order chi connectivity index (χ0) is 12.7. The number of ether oxygens (including phenoxy) is 1. The molecule has 1 amide bonds. The van der Waals surface area contributed by atoms with Crippen LogP contribution in [0, 0.1) is 6.92 Å². The second-order valence-corrected chi connectivity index (χ2v) is 4.23. The molecule has 1 rings (SSSR count). The Bertz CT molecular complexity index is 380. The van der Waals surface area contributed by atoms with E-state index in [-0.39, 0.29) is 5.91 Å². The Labute approximate surface area is 108 Å². The van der Waals surface area contributed by atoms with E-state index in [1.165, 1.54) is 0 Å². The van der Waals surface area contributed by atoms with Crippen molar-refractivity contribution >= 4 is 18.5 Å². The number of nitrogens with one attached hydrogen (secondary N) is 1. The monoisotopic (exact) mass is 253 g/mol. The van der Waals surface area contributed by atoms with Gasteiger partial charge in [-0.25, -0.2) is 0 Å². The maximum atomic E-state index is 11.3. The molecule has 0 saturated carbocycles. The standard InChI is InChI=1S/C13H19NO2S/c1-3-16-12-5-4-11(8-10(12)2)9-14-13(15)6-7-17/h4-5,8,17H,3,6-7,9H2,1-2H3,(H,14,15). The van der Waals surface area contributed by atoms with Crippen molar-refractivity contribution in [3.8, 4) is 5.75 Å². The van der Waals surface area contributed by atoms with Gasteiger partial charge in [-0.2, -0.15) is 12.6 Å². The summed E-state index contributed by atoms with van der Waals surface area (Å²) in [6.07, 6.45) is 0.457. The van der Waals surface area contributed by atoms with Gasteiger partial charge < -0.3 is 10.1 Å². The number of hydrogen-bond acceptors (Lipinski definition) is 3. The van der Waals surface area contributed by atoms with Crippen molar-refractivity contribution in [3.63, 3.8) is 0 Å². The molecule has 1 aromatic rings. The van der Waals surface area contributed by atoms with Crippen molar-refractivity contribution < 1.29 is 9.53 Å². The predicted octanol–water partition coefficient (Wildman–Crippen LogP) is 2.33. The van der Waals surface area contributed by atoms with E-state index < -0.39 is 0 Å². The zero-order valence-corrected chi connectivity index (χ0v) is 11.2. The normalized spacial score (nSPS) is 10.1. The lowest BCUT2D eigenvalue weighted by Gasteiger charge is -2.09. The fourth-order valence-corrected chi connectivity index (χ4v) is 1.73. The average Bonchev–Trinajstić information content (AvgIpc) is 2.30. The summed E-state index contributed by atoms with van der Waals surface area (Å²) in [6, 6.07) is 5.95. The summed E-state index contributed by atoms with van der Waals surface area (Å²) in [6.45, 7) is 5.19. The summed E-state index contributed by atoms with van der Waals surface area (Å²) >= 11 is 4.02. The van der Waals surface area contributed by atoms with Gasteiger partial charge in [-0.3, -0.25) is 4.79 Å². The van der Waals surface area contributed by atoms with Crippen LogP contribution in [0.5, 0.6) is 5.75 Å². The largest absolute Gasteiger partial charge is 0.494 e. The second kappa shape index (κ2) is 7.22. The van der Waals surface area contributed by atoms with E-state index in [9.17, 15) is 4.79 Å². The minimum Gasteiger partial charge on any atom is -0.494 e. The van der Waals surface area contributed by atoms with Crippen LogP contribution in [0.4, 0.5) is 0 Å². The van der Waals surface area contributed by atoms with Crippen molar-refractivity contribution in [2.75, 3.05) is 12.4 Å². The molecular formula is C13H19NO2S.